The zero-order valence-corrected chi connectivity index (χ0v) is 11.8. The summed E-state index contributed by atoms with van der Waals surface area (Å²) in [7, 11) is 0. The molecule has 0 radical (unpaired) electrons. The smallest absolute Gasteiger partial charge is 0.126 e. The SMILES string of the molecule is CCCCCC1(C)CC(O)c2cc(Cl)ccc2O1. The van der Waals surface area contributed by atoms with E-state index in [0.29, 0.717) is 11.4 Å². The Balaban J connectivity index is 2.14. The van der Waals surface area contributed by atoms with Gasteiger partial charge in [0, 0.05) is 17.0 Å². The van der Waals surface area contributed by atoms with E-state index in [0.717, 1.165) is 24.2 Å². The highest BCUT2D eigenvalue weighted by Crippen LogP contribution is 2.42. The van der Waals surface area contributed by atoms with Crippen molar-refractivity contribution in [3.05, 3.63) is 28.8 Å². The first-order valence-electron chi connectivity index (χ1n) is 6.70. The monoisotopic (exact) mass is 268 g/mol. The van der Waals surface area contributed by atoms with E-state index >= 15 is 0 Å². The number of hydrogen-bond acceptors (Lipinski definition) is 2. The number of rotatable bonds is 4. The molecular weight excluding hydrogens is 248 g/mol. The van der Waals surface area contributed by atoms with Crippen LogP contribution in [-0.2, 0) is 0 Å². The van der Waals surface area contributed by atoms with Gasteiger partial charge < -0.3 is 9.84 Å². The van der Waals surface area contributed by atoms with E-state index in [2.05, 4.69) is 13.8 Å². The zero-order valence-electron chi connectivity index (χ0n) is 11.1. The molecule has 1 aromatic carbocycles. The van der Waals surface area contributed by atoms with Gasteiger partial charge in [-0.25, -0.2) is 0 Å². The number of unbranched alkanes of at least 4 members (excludes halogenated alkanes) is 2. The van der Waals surface area contributed by atoms with E-state index in [-0.39, 0.29) is 5.60 Å². The van der Waals surface area contributed by atoms with Gasteiger partial charge in [-0.05, 0) is 38.0 Å². The molecule has 3 heteroatoms. The van der Waals surface area contributed by atoms with Gasteiger partial charge in [-0.15, -0.1) is 0 Å². The van der Waals surface area contributed by atoms with Crippen LogP contribution in [0, 0.1) is 0 Å². The molecule has 0 aliphatic carbocycles. The van der Waals surface area contributed by atoms with Gasteiger partial charge in [-0.3, -0.25) is 0 Å². The second kappa shape index (κ2) is 5.50. The quantitative estimate of drug-likeness (QED) is 0.815. The topological polar surface area (TPSA) is 29.5 Å². The number of aliphatic hydroxyl groups is 1. The van der Waals surface area contributed by atoms with Crippen molar-refractivity contribution in [1.82, 2.24) is 0 Å². The fourth-order valence-electron chi connectivity index (χ4n) is 2.60. The van der Waals surface area contributed by atoms with E-state index in [1.165, 1.54) is 12.8 Å². The third kappa shape index (κ3) is 2.99. The van der Waals surface area contributed by atoms with Gasteiger partial charge in [0.05, 0.1) is 6.10 Å². The molecule has 0 aromatic heterocycles. The van der Waals surface area contributed by atoms with Crippen LogP contribution in [0.15, 0.2) is 18.2 Å². The van der Waals surface area contributed by atoms with E-state index < -0.39 is 6.10 Å². The fourth-order valence-corrected chi connectivity index (χ4v) is 2.78. The average molecular weight is 269 g/mol. The summed E-state index contributed by atoms with van der Waals surface area (Å²) in [6.45, 7) is 4.28. The Morgan fingerprint density at radius 2 is 2.22 bits per heavy atom. The summed E-state index contributed by atoms with van der Waals surface area (Å²) < 4.78 is 6.07. The highest BCUT2D eigenvalue weighted by molar-refractivity contribution is 6.30. The van der Waals surface area contributed by atoms with Crippen molar-refractivity contribution in [3.8, 4) is 5.75 Å². The summed E-state index contributed by atoms with van der Waals surface area (Å²) in [6, 6.07) is 5.47. The second-order valence-corrected chi connectivity index (χ2v) is 5.85. The molecule has 1 heterocycles. The van der Waals surface area contributed by atoms with Crippen molar-refractivity contribution in [3.63, 3.8) is 0 Å². The molecule has 1 aliphatic heterocycles. The molecule has 18 heavy (non-hydrogen) atoms. The molecule has 2 unspecified atom stereocenters. The van der Waals surface area contributed by atoms with Gasteiger partial charge >= 0.3 is 0 Å². The van der Waals surface area contributed by atoms with Gasteiger partial charge in [-0.1, -0.05) is 31.4 Å². The van der Waals surface area contributed by atoms with E-state index in [9.17, 15) is 5.11 Å². The maximum Gasteiger partial charge on any atom is 0.126 e. The zero-order chi connectivity index (χ0) is 13.2. The number of hydrogen-bond donors (Lipinski definition) is 1. The lowest BCUT2D eigenvalue weighted by atomic mass is 9.86. The van der Waals surface area contributed by atoms with Crippen molar-refractivity contribution in [2.24, 2.45) is 0 Å². The van der Waals surface area contributed by atoms with E-state index in [1.54, 1.807) is 6.07 Å². The standard InChI is InChI=1S/C15H21ClO2/c1-3-4-5-8-15(2)10-13(17)12-9-11(16)6-7-14(12)18-15/h6-7,9,13,17H,3-5,8,10H2,1-2H3. The number of aliphatic hydroxyl groups excluding tert-OH is 1. The van der Waals surface area contributed by atoms with Crippen molar-refractivity contribution in [1.29, 1.82) is 0 Å². The fraction of sp³-hybridized carbons (Fsp3) is 0.600. The molecule has 0 saturated heterocycles. The van der Waals surface area contributed by atoms with Crippen LogP contribution in [0.4, 0.5) is 0 Å². The Morgan fingerprint density at radius 3 is 2.94 bits per heavy atom. The van der Waals surface area contributed by atoms with Crippen molar-refractivity contribution >= 4 is 11.6 Å². The summed E-state index contributed by atoms with van der Waals surface area (Å²) in [5.74, 6) is 0.775. The van der Waals surface area contributed by atoms with Gasteiger partial charge in [0.1, 0.15) is 11.4 Å². The first-order valence-corrected chi connectivity index (χ1v) is 7.08. The highest BCUT2D eigenvalue weighted by atomic mass is 35.5. The average Bonchev–Trinajstić information content (AvgIpc) is 2.31. The van der Waals surface area contributed by atoms with Crippen molar-refractivity contribution < 1.29 is 9.84 Å². The lowest BCUT2D eigenvalue weighted by molar-refractivity contribution is -0.00841. The maximum absolute atomic E-state index is 10.2. The maximum atomic E-state index is 10.2. The summed E-state index contributed by atoms with van der Waals surface area (Å²) >= 11 is 5.95. The molecule has 0 spiro atoms. The van der Waals surface area contributed by atoms with Crippen LogP contribution in [0.2, 0.25) is 5.02 Å². The second-order valence-electron chi connectivity index (χ2n) is 5.41. The predicted molar refractivity (Wildman–Crippen MR) is 74.2 cm³/mol. The molecule has 0 saturated carbocycles. The normalized spacial score (nSPS) is 26.6. The van der Waals surface area contributed by atoms with Crippen molar-refractivity contribution in [2.75, 3.05) is 0 Å². The Kier molecular flexibility index (Phi) is 4.18. The summed E-state index contributed by atoms with van der Waals surface area (Å²) in [5, 5.41) is 10.9. The van der Waals surface area contributed by atoms with Crippen LogP contribution in [0.5, 0.6) is 5.75 Å². The first-order chi connectivity index (χ1) is 8.54. The Hall–Kier alpha value is -0.730. The molecule has 1 aliphatic rings. The first kappa shape index (κ1) is 13.7. The minimum Gasteiger partial charge on any atom is -0.487 e. The molecule has 2 nitrogen and oxygen atoms in total. The van der Waals surface area contributed by atoms with Crippen LogP contribution < -0.4 is 4.74 Å². The van der Waals surface area contributed by atoms with Crippen LogP contribution in [0.25, 0.3) is 0 Å². The summed E-state index contributed by atoms with van der Waals surface area (Å²) in [5.41, 5.74) is 0.561. The number of benzene rings is 1. The third-order valence-corrected chi connectivity index (χ3v) is 3.86. The molecule has 0 fully saturated rings. The Morgan fingerprint density at radius 1 is 1.44 bits per heavy atom. The van der Waals surface area contributed by atoms with Crippen LogP contribution in [0.1, 0.15) is 57.6 Å². The molecule has 0 bridgehead atoms. The molecule has 100 valence electrons. The summed E-state index contributed by atoms with van der Waals surface area (Å²) in [4.78, 5) is 0. The number of fused-ring (bicyclic) bond motifs is 1. The predicted octanol–water partition coefficient (Wildman–Crippen LogP) is 4.49. The molecule has 0 amide bonds. The molecule has 1 aromatic rings. The van der Waals surface area contributed by atoms with Gasteiger partial charge in [0.15, 0.2) is 0 Å². The van der Waals surface area contributed by atoms with Crippen molar-refractivity contribution in [2.45, 2.75) is 57.7 Å². The molecule has 1 N–H and O–H groups in total. The van der Waals surface area contributed by atoms with E-state index in [4.69, 9.17) is 16.3 Å². The lowest BCUT2D eigenvalue weighted by Gasteiger charge is -2.38. The van der Waals surface area contributed by atoms with Gasteiger partial charge in [-0.2, -0.15) is 0 Å². The minimum absolute atomic E-state index is 0.255. The number of ether oxygens (including phenoxy) is 1. The molecular formula is C15H21ClO2. The van der Waals surface area contributed by atoms with Gasteiger partial charge in [0.25, 0.3) is 0 Å². The molecule has 2 rings (SSSR count). The van der Waals surface area contributed by atoms with Crippen LogP contribution in [-0.4, -0.2) is 10.7 Å². The Bertz CT molecular complexity index is 419. The molecule has 2 atom stereocenters. The van der Waals surface area contributed by atoms with E-state index in [1.807, 2.05) is 12.1 Å². The Labute approximate surface area is 114 Å². The third-order valence-electron chi connectivity index (χ3n) is 3.62. The van der Waals surface area contributed by atoms with Gasteiger partial charge in [0.2, 0.25) is 0 Å². The van der Waals surface area contributed by atoms with Crippen LogP contribution in [0.3, 0.4) is 0 Å². The highest BCUT2D eigenvalue weighted by Gasteiger charge is 2.36. The minimum atomic E-state index is -0.473. The lowest BCUT2D eigenvalue weighted by Crippen LogP contribution is -2.38. The number of halogens is 1. The summed E-state index contributed by atoms with van der Waals surface area (Å²) in [6.07, 6.45) is 4.71. The van der Waals surface area contributed by atoms with Crippen LogP contribution >= 0.6 is 11.6 Å². The largest absolute Gasteiger partial charge is 0.487 e.